The van der Waals surface area contributed by atoms with Gasteiger partial charge in [-0.1, -0.05) is 13.8 Å². The van der Waals surface area contributed by atoms with Crippen LogP contribution in [0.2, 0.25) is 0 Å². The topological polar surface area (TPSA) is 24.5 Å². The molecule has 0 aromatic rings. The first kappa shape index (κ1) is 15.9. The van der Waals surface area contributed by atoms with Crippen LogP contribution in [0.5, 0.6) is 0 Å². The maximum atomic E-state index is 5.69. The van der Waals surface area contributed by atoms with E-state index in [1.54, 1.807) is 0 Å². The molecule has 1 heterocycles. The van der Waals surface area contributed by atoms with Gasteiger partial charge in [-0.2, -0.15) is 0 Å². The first-order valence-electron chi connectivity index (χ1n) is 7.20. The van der Waals surface area contributed by atoms with Gasteiger partial charge in [0.2, 0.25) is 0 Å². The van der Waals surface area contributed by atoms with E-state index in [0.717, 1.165) is 26.2 Å². The highest BCUT2D eigenvalue weighted by atomic mass is 16.5. The molecule has 0 aliphatic carbocycles. The SMILES string of the molecule is CC1CN(CC(C)(C)CNC(C)(C)C)C(C)CO1. The van der Waals surface area contributed by atoms with E-state index in [1.807, 2.05) is 0 Å². The average Bonchev–Trinajstić information content (AvgIpc) is 2.20. The van der Waals surface area contributed by atoms with Gasteiger partial charge in [-0.25, -0.2) is 0 Å². The minimum absolute atomic E-state index is 0.196. The molecule has 0 radical (unpaired) electrons. The van der Waals surface area contributed by atoms with Gasteiger partial charge in [0.05, 0.1) is 12.7 Å². The third-order valence-corrected chi connectivity index (χ3v) is 3.47. The van der Waals surface area contributed by atoms with Crippen LogP contribution < -0.4 is 5.32 Å². The quantitative estimate of drug-likeness (QED) is 0.836. The second-order valence-corrected chi connectivity index (χ2v) is 7.69. The predicted molar refractivity (Wildman–Crippen MR) is 78.0 cm³/mol. The second kappa shape index (κ2) is 5.89. The summed E-state index contributed by atoms with van der Waals surface area (Å²) in [6.45, 7) is 19.9. The molecule has 18 heavy (non-hydrogen) atoms. The minimum Gasteiger partial charge on any atom is -0.376 e. The molecule has 108 valence electrons. The van der Waals surface area contributed by atoms with E-state index in [-0.39, 0.29) is 5.54 Å². The van der Waals surface area contributed by atoms with Crippen molar-refractivity contribution in [2.24, 2.45) is 5.41 Å². The van der Waals surface area contributed by atoms with Crippen LogP contribution in [0.4, 0.5) is 0 Å². The Hall–Kier alpha value is -0.120. The highest BCUT2D eigenvalue weighted by Gasteiger charge is 2.29. The monoisotopic (exact) mass is 256 g/mol. The van der Waals surface area contributed by atoms with Gasteiger partial charge in [0.15, 0.2) is 0 Å². The molecule has 0 amide bonds. The Bertz CT molecular complexity index is 258. The molecule has 0 saturated carbocycles. The smallest absolute Gasteiger partial charge is 0.0674 e. The van der Waals surface area contributed by atoms with Gasteiger partial charge in [0, 0.05) is 31.2 Å². The number of hydrogen-bond acceptors (Lipinski definition) is 3. The van der Waals surface area contributed by atoms with Gasteiger partial charge in [-0.05, 0) is 40.0 Å². The molecule has 3 nitrogen and oxygen atoms in total. The van der Waals surface area contributed by atoms with Gasteiger partial charge in [-0.15, -0.1) is 0 Å². The Morgan fingerprint density at radius 3 is 2.33 bits per heavy atom. The summed E-state index contributed by atoms with van der Waals surface area (Å²) in [5.41, 5.74) is 0.486. The Morgan fingerprint density at radius 2 is 1.78 bits per heavy atom. The number of nitrogens with zero attached hydrogens (tertiary/aromatic N) is 1. The van der Waals surface area contributed by atoms with Crippen molar-refractivity contribution in [1.29, 1.82) is 0 Å². The van der Waals surface area contributed by atoms with E-state index in [0.29, 0.717) is 17.6 Å². The van der Waals surface area contributed by atoms with Crippen molar-refractivity contribution < 1.29 is 4.74 Å². The van der Waals surface area contributed by atoms with Crippen LogP contribution >= 0.6 is 0 Å². The lowest BCUT2D eigenvalue weighted by Gasteiger charge is -2.42. The molecule has 1 saturated heterocycles. The molecule has 2 atom stereocenters. The summed E-state index contributed by atoms with van der Waals surface area (Å²) < 4.78 is 5.69. The van der Waals surface area contributed by atoms with E-state index in [9.17, 15) is 0 Å². The average molecular weight is 256 g/mol. The molecule has 1 rings (SSSR count). The van der Waals surface area contributed by atoms with Crippen molar-refractivity contribution in [1.82, 2.24) is 10.2 Å². The number of ether oxygens (including phenoxy) is 1. The molecule has 2 unspecified atom stereocenters. The lowest BCUT2D eigenvalue weighted by atomic mass is 9.90. The summed E-state index contributed by atoms with van der Waals surface area (Å²) in [7, 11) is 0. The third-order valence-electron chi connectivity index (χ3n) is 3.47. The molecule has 0 bridgehead atoms. The lowest BCUT2D eigenvalue weighted by molar-refractivity contribution is -0.0603. The van der Waals surface area contributed by atoms with Crippen LogP contribution in [0.25, 0.3) is 0 Å². The molecule has 1 aliphatic rings. The zero-order chi connectivity index (χ0) is 14.0. The van der Waals surface area contributed by atoms with Crippen molar-refractivity contribution >= 4 is 0 Å². The lowest BCUT2D eigenvalue weighted by Crippen LogP contribution is -2.53. The zero-order valence-corrected chi connectivity index (χ0v) is 13.3. The number of nitrogens with one attached hydrogen (secondary N) is 1. The van der Waals surface area contributed by atoms with Gasteiger partial charge in [0.1, 0.15) is 0 Å². The number of rotatable bonds is 4. The summed E-state index contributed by atoms with van der Waals surface area (Å²) in [6, 6.07) is 0.537. The van der Waals surface area contributed by atoms with E-state index >= 15 is 0 Å². The molecular formula is C15H32N2O. The van der Waals surface area contributed by atoms with Crippen molar-refractivity contribution in [3.8, 4) is 0 Å². The first-order chi connectivity index (χ1) is 8.09. The molecule has 0 aromatic carbocycles. The van der Waals surface area contributed by atoms with Crippen molar-refractivity contribution in [2.45, 2.75) is 66.2 Å². The summed E-state index contributed by atoms with van der Waals surface area (Å²) in [5.74, 6) is 0. The highest BCUT2D eigenvalue weighted by molar-refractivity contribution is 4.84. The molecule has 0 spiro atoms. The van der Waals surface area contributed by atoms with Crippen LogP contribution in [-0.4, -0.2) is 48.8 Å². The Morgan fingerprint density at radius 1 is 1.17 bits per heavy atom. The molecule has 3 heteroatoms. The van der Waals surface area contributed by atoms with Gasteiger partial charge < -0.3 is 10.1 Å². The maximum Gasteiger partial charge on any atom is 0.0674 e. The first-order valence-corrected chi connectivity index (χ1v) is 7.20. The van der Waals surface area contributed by atoms with Crippen molar-refractivity contribution in [3.05, 3.63) is 0 Å². The van der Waals surface area contributed by atoms with Gasteiger partial charge >= 0.3 is 0 Å². The molecular weight excluding hydrogens is 224 g/mol. The van der Waals surface area contributed by atoms with E-state index < -0.39 is 0 Å². The fourth-order valence-electron chi connectivity index (χ4n) is 2.30. The summed E-state index contributed by atoms with van der Waals surface area (Å²) in [5, 5.41) is 3.62. The van der Waals surface area contributed by atoms with Crippen LogP contribution in [-0.2, 0) is 4.74 Å². The highest BCUT2D eigenvalue weighted by Crippen LogP contribution is 2.21. The second-order valence-electron chi connectivity index (χ2n) is 7.69. The fraction of sp³-hybridized carbons (Fsp3) is 1.00. The fourth-order valence-corrected chi connectivity index (χ4v) is 2.30. The Kier molecular flexibility index (Phi) is 5.22. The number of hydrogen-bond donors (Lipinski definition) is 1. The van der Waals surface area contributed by atoms with Crippen LogP contribution in [0.3, 0.4) is 0 Å². The number of morpholine rings is 1. The molecule has 0 aromatic heterocycles. The van der Waals surface area contributed by atoms with E-state index in [2.05, 4.69) is 58.7 Å². The van der Waals surface area contributed by atoms with E-state index in [1.165, 1.54) is 0 Å². The summed E-state index contributed by atoms with van der Waals surface area (Å²) >= 11 is 0. The van der Waals surface area contributed by atoms with Gasteiger partial charge in [0.25, 0.3) is 0 Å². The Labute approximate surface area is 113 Å². The molecule has 1 fully saturated rings. The van der Waals surface area contributed by atoms with Crippen LogP contribution in [0.15, 0.2) is 0 Å². The standard InChI is InChI=1S/C15H32N2O/c1-12-9-18-13(2)8-17(12)11-15(6,7)10-16-14(3,4)5/h12-13,16H,8-11H2,1-7H3. The largest absolute Gasteiger partial charge is 0.376 e. The Balaban J connectivity index is 2.48. The zero-order valence-electron chi connectivity index (χ0n) is 13.3. The maximum absolute atomic E-state index is 5.69. The van der Waals surface area contributed by atoms with Crippen LogP contribution in [0.1, 0.15) is 48.5 Å². The molecule has 1 N–H and O–H groups in total. The molecule has 1 aliphatic heterocycles. The third kappa shape index (κ3) is 5.68. The van der Waals surface area contributed by atoms with Gasteiger partial charge in [-0.3, -0.25) is 4.90 Å². The summed E-state index contributed by atoms with van der Waals surface area (Å²) in [6.07, 6.45) is 0.368. The van der Waals surface area contributed by atoms with E-state index in [4.69, 9.17) is 4.74 Å². The van der Waals surface area contributed by atoms with Crippen molar-refractivity contribution in [3.63, 3.8) is 0 Å². The summed E-state index contributed by atoms with van der Waals surface area (Å²) in [4.78, 5) is 2.57. The predicted octanol–water partition coefficient (Wildman–Crippen LogP) is 2.51. The normalized spacial score (nSPS) is 27.5. The van der Waals surface area contributed by atoms with Crippen LogP contribution in [0, 0.1) is 5.41 Å². The van der Waals surface area contributed by atoms with Crippen molar-refractivity contribution in [2.75, 3.05) is 26.2 Å². The minimum atomic E-state index is 0.196.